The zero-order valence-corrected chi connectivity index (χ0v) is 8.51. The van der Waals surface area contributed by atoms with Gasteiger partial charge in [0, 0.05) is 5.39 Å². The Balaban J connectivity index is 2.70. The van der Waals surface area contributed by atoms with Gasteiger partial charge in [-0.1, -0.05) is 12.1 Å². The van der Waals surface area contributed by atoms with Crippen molar-refractivity contribution in [1.82, 2.24) is 9.71 Å². The van der Waals surface area contributed by atoms with Crippen molar-refractivity contribution in [3.63, 3.8) is 0 Å². The van der Waals surface area contributed by atoms with Crippen molar-refractivity contribution in [2.24, 2.45) is 0 Å². The summed E-state index contributed by atoms with van der Waals surface area (Å²) < 4.78 is 6.44. The first-order valence-electron chi connectivity index (χ1n) is 4.74. The quantitative estimate of drug-likeness (QED) is 0.613. The summed E-state index contributed by atoms with van der Waals surface area (Å²) in [7, 11) is 1.44. The predicted octanol–water partition coefficient (Wildman–Crippen LogP) is 1.20. The molecule has 5 heteroatoms. The summed E-state index contributed by atoms with van der Waals surface area (Å²) in [6.45, 7) is 0. The van der Waals surface area contributed by atoms with Crippen molar-refractivity contribution in [3.8, 4) is 0 Å². The Bertz CT molecular complexity index is 727. The molecule has 1 aromatic carbocycles. The average molecular weight is 216 g/mol. The fourth-order valence-corrected chi connectivity index (χ4v) is 1.82. The third-order valence-corrected chi connectivity index (χ3v) is 2.50. The number of aromatic nitrogens is 2. The number of oxazole rings is 1. The van der Waals surface area contributed by atoms with E-state index in [0.717, 1.165) is 5.39 Å². The maximum Gasteiger partial charge on any atom is 0.313 e. The van der Waals surface area contributed by atoms with E-state index in [0.29, 0.717) is 11.1 Å². The van der Waals surface area contributed by atoms with Crippen LogP contribution in [-0.2, 0) is 0 Å². The molecule has 0 amide bonds. The molecule has 0 fully saturated rings. The van der Waals surface area contributed by atoms with Gasteiger partial charge in [-0.25, -0.2) is 4.98 Å². The molecule has 5 nitrogen and oxygen atoms in total. The smallest absolute Gasteiger partial charge is 0.313 e. The first kappa shape index (κ1) is 8.96. The number of rotatable bonds is 1. The van der Waals surface area contributed by atoms with Crippen LogP contribution in [0.25, 0.3) is 22.0 Å². The number of hydrogen-bond donors (Lipinski definition) is 0. The van der Waals surface area contributed by atoms with E-state index in [9.17, 15) is 4.79 Å². The zero-order chi connectivity index (χ0) is 11.1. The summed E-state index contributed by atoms with van der Waals surface area (Å²) in [5.41, 5.74) is 1.12. The van der Waals surface area contributed by atoms with Gasteiger partial charge in [0.15, 0.2) is 17.5 Å². The topological polar surface area (TPSA) is 57.3 Å². The van der Waals surface area contributed by atoms with E-state index in [2.05, 4.69) is 4.98 Å². The van der Waals surface area contributed by atoms with Crippen LogP contribution in [0.3, 0.4) is 0 Å². The van der Waals surface area contributed by atoms with Gasteiger partial charge < -0.3 is 9.25 Å². The largest absolute Gasteiger partial charge is 0.443 e. The molecule has 0 aliphatic heterocycles. The number of para-hydroxylation sites is 1. The molecule has 0 saturated heterocycles. The average Bonchev–Trinajstić information content (AvgIpc) is 2.79. The second-order valence-corrected chi connectivity index (χ2v) is 3.33. The van der Waals surface area contributed by atoms with E-state index in [1.165, 1.54) is 18.2 Å². The number of hydrogen-bond acceptors (Lipinski definition) is 4. The molecule has 0 atom stereocenters. The highest BCUT2D eigenvalue weighted by Gasteiger charge is 2.13. The lowest BCUT2D eigenvalue weighted by atomic mass is 10.2. The highest BCUT2D eigenvalue weighted by Crippen LogP contribution is 2.20. The summed E-state index contributed by atoms with van der Waals surface area (Å²) >= 11 is 0. The molecule has 0 aliphatic rings. The lowest BCUT2D eigenvalue weighted by Gasteiger charge is -2.07. The molecule has 2 aromatic heterocycles. The van der Waals surface area contributed by atoms with Gasteiger partial charge in [-0.3, -0.25) is 4.79 Å². The normalized spacial score (nSPS) is 11.1. The number of benzene rings is 1. The summed E-state index contributed by atoms with van der Waals surface area (Å²) in [5.74, 6) is 0. The van der Waals surface area contributed by atoms with E-state index in [4.69, 9.17) is 9.25 Å². The molecule has 2 heterocycles. The maximum absolute atomic E-state index is 12.0. The first-order valence-corrected chi connectivity index (χ1v) is 4.74. The van der Waals surface area contributed by atoms with Gasteiger partial charge in [0.05, 0.1) is 5.52 Å². The minimum Gasteiger partial charge on any atom is -0.443 e. The molecule has 0 radical (unpaired) electrons. The number of pyridine rings is 1. The van der Waals surface area contributed by atoms with Gasteiger partial charge in [0.2, 0.25) is 0 Å². The fourth-order valence-electron chi connectivity index (χ4n) is 1.82. The van der Waals surface area contributed by atoms with E-state index in [1.807, 2.05) is 18.2 Å². The van der Waals surface area contributed by atoms with Crippen LogP contribution < -0.4 is 10.4 Å². The van der Waals surface area contributed by atoms with E-state index in [-0.39, 0.29) is 11.1 Å². The van der Waals surface area contributed by atoms with Crippen LogP contribution in [-0.4, -0.2) is 16.8 Å². The molecule has 0 bridgehead atoms. The molecule has 0 unspecified atom stereocenters. The van der Waals surface area contributed by atoms with Gasteiger partial charge in [0.1, 0.15) is 7.11 Å². The monoisotopic (exact) mass is 216 g/mol. The summed E-state index contributed by atoms with van der Waals surface area (Å²) in [4.78, 5) is 20.9. The summed E-state index contributed by atoms with van der Waals surface area (Å²) in [5, 5.41) is 0.802. The molecule has 3 rings (SSSR count). The molecule has 0 spiro atoms. The summed E-state index contributed by atoms with van der Waals surface area (Å²) in [6.07, 6.45) is 1.26. The van der Waals surface area contributed by atoms with Crippen LogP contribution in [0.1, 0.15) is 0 Å². The van der Waals surface area contributed by atoms with E-state index < -0.39 is 0 Å². The lowest BCUT2D eigenvalue weighted by Crippen LogP contribution is -2.25. The Labute approximate surface area is 89.8 Å². The highest BCUT2D eigenvalue weighted by molar-refractivity contribution is 6.00. The molecular weight excluding hydrogens is 208 g/mol. The van der Waals surface area contributed by atoms with Crippen molar-refractivity contribution in [2.75, 3.05) is 7.11 Å². The Morgan fingerprint density at radius 2 is 2.19 bits per heavy atom. The minimum atomic E-state index is -0.315. The maximum atomic E-state index is 12.0. The Kier molecular flexibility index (Phi) is 1.73. The molecule has 16 heavy (non-hydrogen) atoms. The van der Waals surface area contributed by atoms with Gasteiger partial charge >= 0.3 is 5.56 Å². The van der Waals surface area contributed by atoms with Crippen LogP contribution in [0.15, 0.2) is 39.9 Å². The van der Waals surface area contributed by atoms with Crippen LogP contribution in [0.4, 0.5) is 0 Å². The second kappa shape index (κ2) is 3.10. The highest BCUT2D eigenvalue weighted by atomic mass is 16.6. The third-order valence-electron chi connectivity index (χ3n) is 2.50. The molecule has 3 aromatic rings. The van der Waals surface area contributed by atoms with Crippen LogP contribution in [0, 0.1) is 0 Å². The van der Waals surface area contributed by atoms with Crippen molar-refractivity contribution in [1.29, 1.82) is 0 Å². The van der Waals surface area contributed by atoms with Gasteiger partial charge in [0.25, 0.3) is 0 Å². The van der Waals surface area contributed by atoms with Gasteiger partial charge in [-0.05, 0) is 12.1 Å². The lowest BCUT2D eigenvalue weighted by molar-refractivity contribution is 0.170. The van der Waals surface area contributed by atoms with Gasteiger partial charge in [-0.2, -0.15) is 0 Å². The van der Waals surface area contributed by atoms with Crippen molar-refractivity contribution in [2.45, 2.75) is 0 Å². The Morgan fingerprint density at radius 1 is 1.38 bits per heavy atom. The Morgan fingerprint density at radius 3 is 3.00 bits per heavy atom. The van der Waals surface area contributed by atoms with Crippen molar-refractivity contribution >= 4 is 22.0 Å². The Hall–Kier alpha value is -2.30. The summed E-state index contributed by atoms with van der Waals surface area (Å²) in [6, 6.07) is 7.36. The molecule has 0 N–H and O–H groups in total. The van der Waals surface area contributed by atoms with E-state index >= 15 is 0 Å². The predicted molar refractivity (Wildman–Crippen MR) is 58.3 cm³/mol. The molecule has 0 aliphatic carbocycles. The van der Waals surface area contributed by atoms with E-state index in [1.54, 1.807) is 6.07 Å². The SMILES string of the molecule is COn1c(=O)c2ncoc2c2ccccc21. The third kappa shape index (κ3) is 0.995. The number of nitrogens with zero attached hydrogens (tertiary/aromatic N) is 2. The standard InChI is InChI=1S/C11H8N2O3/c1-15-13-8-5-3-2-4-7(8)10-9(11(13)14)12-6-16-10/h2-6H,1H3. The van der Waals surface area contributed by atoms with Crippen LogP contribution >= 0.6 is 0 Å². The van der Waals surface area contributed by atoms with Gasteiger partial charge in [-0.15, -0.1) is 4.73 Å². The zero-order valence-electron chi connectivity index (χ0n) is 8.51. The van der Waals surface area contributed by atoms with Crippen LogP contribution in [0.2, 0.25) is 0 Å². The molecule has 0 saturated carbocycles. The minimum absolute atomic E-state index is 0.278. The molecular formula is C11H8N2O3. The van der Waals surface area contributed by atoms with Crippen molar-refractivity contribution < 1.29 is 9.25 Å². The first-order chi connectivity index (χ1) is 7.83. The number of fused-ring (bicyclic) bond motifs is 3. The second-order valence-electron chi connectivity index (χ2n) is 3.33. The molecule has 80 valence electrons. The van der Waals surface area contributed by atoms with Crippen LogP contribution in [0.5, 0.6) is 0 Å². The fraction of sp³-hybridized carbons (Fsp3) is 0.0909. The van der Waals surface area contributed by atoms with Crippen molar-refractivity contribution in [3.05, 3.63) is 41.0 Å².